The Labute approximate surface area is 112 Å². The van der Waals surface area contributed by atoms with Crippen LogP contribution in [0, 0.1) is 12.3 Å². The molecule has 104 valence electrons. The van der Waals surface area contributed by atoms with Gasteiger partial charge in [0, 0.05) is 12.1 Å². The lowest BCUT2D eigenvalue weighted by Crippen LogP contribution is -2.40. The van der Waals surface area contributed by atoms with Gasteiger partial charge in [-0.3, -0.25) is 9.59 Å². The second-order valence-electron chi connectivity index (χ2n) is 4.90. The molecule has 5 nitrogen and oxygen atoms in total. The summed E-state index contributed by atoms with van der Waals surface area (Å²) in [6.07, 6.45) is 0.418. The summed E-state index contributed by atoms with van der Waals surface area (Å²) in [4.78, 5) is 23.0. The number of rotatable bonds is 5. The SMILES string of the molecule is CCC(C)(CNC(=O)c1ccc(C)c(O)c1)C(=O)O. The molecule has 0 bridgehead atoms. The summed E-state index contributed by atoms with van der Waals surface area (Å²) in [5.41, 5.74) is 0.00926. The van der Waals surface area contributed by atoms with Gasteiger partial charge in [-0.05, 0) is 38.0 Å². The van der Waals surface area contributed by atoms with Crippen LogP contribution in [-0.4, -0.2) is 28.6 Å². The molecule has 1 rings (SSSR count). The highest BCUT2D eigenvalue weighted by atomic mass is 16.4. The lowest BCUT2D eigenvalue weighted by atomic mass is 9.87. The maximum atomic E-state index is 11.9. The third-order valence-corrected chi connectivity index (χ3v) is 3.41. The summed E-state index contributed by atoms with van der Waals surface area (Å²) in [6.45, 7) is 5.13. The van der Waals surface area contributed by atoms with E-state index in [0.717, 1.165) is 0 Å². The summed E-state index contributed by atoms with van der Waals surface area (Å²) in [7, 11) is 0. The highest BCUT2D eigenvalue weighted by Crippen LogP contribution is 2.21. The van der Waals surface area contributed by atoms with Gasteiger partial charge in [-0.15, -0.1) is 0 Å². The zero-order chi connectivity index (χ0) is 14.6. The number of carboxylic acid groups (broad SMARTS) is 1. The second kappa shape index (κ2) is 5.73. The van der Waals surface area contributed by atoms with Crippen molar-refractivity contribution in [1.82, 2.24) is 5.32 Å². The van der Waals surface area contributed by atoms with Crippen molar-refractivity contribution in [3.05, 3.63) is 29.3 Å². The number of benzene rings is 1. The van der Waals surface area contributed by atoms with Crippen molar-refractivity contribution in [1.29, 1.82) is 0 Å². The Morgan fingerprint density at radius 1 is 1.37 bits per heavy atom. The first kappa shape index (κ1) is 15.0. The quantitative estimate of drug-likeness (QED) is 0.759. The molecule has 1 aromatic rings. The lowest BCUT2D eigenvalue weighted by molar-refractivity contribution is -0.147. The van der Waals surface area contributed by atoms with E-state index in [-0.39, 0.29) is 12.3 Å². The van der Waals surface area contributed by atoms with Crippen molar-refractivity contribution in [2.24, 2.45) is 5.41 Å². The molecule has 0 spiro atoms. The van der Waals surface area contributed by atoms with Crippen molar-refractivity contribution < 1.29 is 19.8 Å². The maximum absolute atomic E-state index is 11.9. The van der Waals surface area contributed by atoms with Crippen LogP contribution >= 0.6 is 0 Å². The molecule has 3 N–H and O–H groups in total. The van der Waals surface area contributed by atoms with Crippen LogP contribution in [-0.2, 0) is 4.79 Å². The monoisotopic (exact) mass is 265 g/mol. The number of hydrogen-bond donors (Lipinski definition) is 3. The van der Waals surface area contributed by atoms with Gasteiger partial charge in [-0.25, -0.2) is 0 Å². The standard InChI is InChI=1S/C14H19NO4/c1-4-14(3,13(18)19)8-15-12(17)10-6-5-9(2)11(16)7-10/h5-7,16H,4,8H2,1-3H3,(H,15,17)(H,18,19). The van der Waals surface area contributed by atoms with Gasteiger partial charge >= 0.3 is 5.97 Å². The lowest BCUT2D eigenvalue weighted by Gasteiger charge is -2.23. The van der Waals surface area contributed by atoms with E-state index in [9.17, 15) is 14.7 Å². The van der Waals surface area contributed by atoms with Gasteiger partial charge in [-0.1, -0.05) is 13.0 Å². The van der Waals surface area contributed by atoms with Crippen LogP contribution < -0.4 is 5.32 Å². The molecule has 5 heteroatoms. The highest BCUT2D eigenvalue weighted by molar-refractivity contribution is 5.95. The van der Waals surface area contributed by atoms with Gasteiger partial charge in [0.1, 0.15) is 5.75 Å². The number of hydrogen-bond acceptors (Lipinski definition) is 3. The molecule has 1 aromatic carbocycles. The van der Waals surface area contributed by atoms with Gasteiger partial charge in [-0.2, -0.15) is 0 Å². The fourth-order valence-corrected chi connectivity index (χ4v) is 1.48. The summed E-state index contributed by atoms with van der Waals surface area (Å²) < 4.78 is 0. The molecule has 1 amide bonds. The number of amides is 1. The normalized spacial score (nSPS) is 13.6. The van der Waals surface area contributed by atoms with Crippen LogP contribution in [0.5, 0.6) is 5.75 Å². The molecule has 1 unspecified atom stereocenters. The van der Waals surface area contributed by atoms with Crippen LogP contribution in [0.25, 0.3) is 0 Å². The molecule has 0 aliphatic heterocycles. The van der Waals surface area contributed by atoms with Gasteiger partial charge < -0.3 is 15.5 Å². The number of carbonyl (C=O) groups excluding carboxylic acids is 1. The number of carbonyl (C=O) groups is 2. The average Bonchev–Trinajstić information content (AvgIpc) is 2.38. The Hall–Kier alpha value is -2.04. The van der Waals surface area contributed by atoms with Crippen molar-refractivity contribution >= 4 is 11.9 Å². The first-order valence-electron chi connectivity index (χ1n) is 6.11. The molecule has 19 heavy (non-hydrogen) atoms. The number of carboxylic acids is 1. The number of aryl methyl sites for hydroxylation is 1. The predicted molar refractivity (Wildman–Crippen MR) is 71.2 cm³/mol. The molecular formula is C14H19NO4. The molecular weight excluding hydrogens is 246 g/mol. The Balaban J connectivity index is 2.75. The maximum Gasteiger partial charge on any atom is 0.311 e. The third-order valence-electron chi connectivity index (χ3n) is 3.41. The van der Waals surface area contributed by atoms with E-state index in [4.69, 9.17) is 5.11 Å². The minimum absolute atomic E-state index is 0.0455. The summed E-state index contributed by atoms with van der Waals surface area (Å²) in [6, 6.07) is 4.60. The highest BCUT2D eigenvalue weighted by Gasteiger charge is 2.31. The van der Waals surface area contributed by atoms with Crippen molar-refractivity contribution in [3.8, 4) is 5.75 Å². The van der Waals surface area contributed by atoms with Gasteiger partial charge in [0.05, 0.1) is 5.41 Å². The Bertz CT molecular complexity index is 498. The number of aliphatic carboxylic acids is 1. The molecule has 0 aromatic heterocycles. The van der Waals surface area contributed by atoms with Crippen molar-refractivity contribution in [2.45, 2.75) is 27.2 Å². The van der Waals surface area contributed by atoms with Crippen LogP contribution in [0.2, 0.25) is 0 Å². The topological polar surface area (TPSA) is 86.6 Å². The van der Waals surface area contributed by atoms with E-state index >= 15 is 0 Å². The predicted octanol–water partition coefficient (Wildman–Crippen LogP) is 1.93. The Morgan fingerprint density at radius 3 is 2.47 bits per heavy atom. The number of aromatic hydroxyl groups is 1. The molecule has 0 fully saturated rings. The van der Waals surface area contributed by atoms with E-state index in [1.54, 1.807) is 32.9 Å². The van der Waals surface area contributed by atoms with Gasteiger partial charge in [0.15, 0.2) is 0 Å². The van der Waals surface area contributed by atoms with Gasteiger partial charge in [0.2, 0.25) is 0 Å². The molecule has 0 saturated carbocycles. The minimum atomic E-state index is -0.984. The molecule has 0 aliphatic carbocycles. The molecule has 0 radical (unpaired) electrons. The zero-order valence-electron chi connectivity index (χ0n) is 11.4. The largest absolute Gasteiger partial charge is 0.508 e. The molecule has 0 saturated heterocycles. The Morgan fingerprint density at radius 2 is 2.00 bits per heavy atom. The average molecular weight is 265 g/mol. The van der Waals surface area contributed by atoms with Crippen LogP contribution in [0.3, 0.4) is 0 Å². The van der Waals surface area contributed by atoms with E-state index in [1.807, 2.05) is 0 Å². The van der Waals surface area contributed by atoms with Crippen LogP contribution in [0.1, 0.15) is 36.2 Å². The van der Waals surface area contributed by atoms with E-state index in [1.165, 1.54) is 6.07 Å². The van der Waals surface area contributed by atoms with Crippen LogP contribution in [0.15, 0.2) is 18.2 Å². The molecule has 0 aliphatic rings. The summed E-state index contributed by atoms with van der Waals surface area (Å²) >= 11 is 0. The van der Waals surface area contributed by atoms with Crippen LogP contribution in [0.4, 0.5) is 0 Å². The fraction of sp³-hybridized carbons (Fsp3) is 0.429. The number of phenolic OH excluding ortho intramolecular Hbond substituents is 1. The van der Waals surface area contributed by atoms with E-state index < -0.39 is 17.3 Å². The third kappa shape index (κ3) is 3.47. The first-order chi connectivity index (χ1) is 8.80. The van der Waals surface area contributed by atoms with Crippen molar-refractivity contribution in [2.75, 3.05) is 6.54 Å². The fourth-order valence-electron chi connectivity index (χ4n) is 1.48. The van der Waals surface area contributed by atoms with Gasteiger partial charge in [0.25, 0.3) is 5.91 Å². The minimum Gasteiger partial charge on any atom is -0.508 e. The van der Waals surface area contributed by atoms with E-state index in [0.29, 0.717) is 17.5 Å². The molecule has 1 atom stereocenters. The number of phenols is 1. The van der Waals surface area contributed by atoms with E-state index in [2.05, 4.69) is 5.32 Å². The Kier molecular flexibility index (Phi) is 4.53. The first-order valence-corrected chi connectivity index (χ1v) is 6.11. The summed E-state index contributed by atoms with van der Waals surface area (Å²) in [5, 5.41) is 21.2. The zero-order valence-corrected chi connectivity index (χ0v) is 11.4. The van der Waals surface area contributed by atoms with Crippen molar-refractivity contribution in [3.63, 3.8) is 0 Å². The second-order valence-corrected chi connectivity index (χ2v) is 4.90. The molecule has 0 heterocycles. The number of nitrogens with one attached hydrogen (secondary N) is 1. The summed E-state index contributed by atoms with van der Waals surface area (Å²) in [5.74, 6) is -1.29. The smallest absolute Gasteiger partial charge is 0.311 e.